The Hall–Kier alpha value is -1.35. The minimum Gasteiger partial charge on any atom is -0.324 e. The molecule has 2 rings (SSSR count). The molecule has 19 heavy (non-hydrogen) atoms. The van der Waals surface area contributed by atoms with E-state index in [1.54, 1.807) is 0 Å². The van der Waals surface area contributed by atoms with E-state index in [4.69, 9.17) is 5.73 Å². The molecule has 1 atom stereocenters. The van der Waals surface area contributed by atoms with Gasteiger partial charge >= 0.3 is 0 Å². The number of rotatable bonds is 3. The summed E-state index contributed by atoms with van der Waals surface area (Å²) in [6.07, 6.45) is 5.86. The van der Waals surface area contributed by atoms with Gasteiger partial charge in [-0.05, 0) is 43.7 Å². The summed E-state index contributed by atoms with van der Waals surface area (Å²) in [6.45, 7) is 4.02. The van der Waals surface area contributed by atoms with Crippen LogP contribution in [0.15, 0.2) is 18.2 Å². The van der Waals surface area contributed by atoms with E-state index in [0.29, 0.717) is 5.92 Å². The highest BCUT2D eigenvalue weighted by Crippen LogP contribution is 2.27. The monoisotopic (exact) mass is 260 g/mol. The Morgan fingerprint density at radius 2 is 1.79 bits per heavy atom. The van der Waals surface area contributed by atoms with Crippen molar-refractivity contribution in [2.45, 2.75) is 52.0 Å². The normalized spacial score (nSPS) is 18.1. The molecule has 104 valence electrons. The summed E-state index contributed by atoms with van der Waals surface area (Å²) in [5.41, 5.74) is 9.22. The van der Waals surface area contributed by atoms with Crippen LogP contribution >= 0.6 is 0 Å². The van der Waals surface area contributed by atoms with Crippen molar-refractivity contribution in [3.05, 3.63) is 29.3 Å². The lowest BCUT2D eigenvalue weighted by Crippen LogP contribution is -2.42. The fourth-order valence-corrected chi connectivity index (χ4v) is 2.93. The fourth-order valence-electron chi connectivity index (χ4n) is 2.93. The van der Waals surface area contributed by atoms with Crippen LogP contribution in [0, 0.1) is 19.8 Å². The predicted octanol–water partition coefficient (Wildman–Crippen LogP) is 3.15. The zero-order chi connectivity index (χ0) is 13.8. The minimum atomic E-state index is -0.376. The smallest absolute Gasteiger partial charge is 0.241 e. The van der Waals surface area contributed by atoms with E-state index in [0.717, 1.165) is 29.7 Å². The molecule has 1 saturated carbocycles. The second-order valence-electron chi connectivity index (χ2n) is 5.68. The van der Waals surface area contributed by atoms with Crippen LogP contribution in [-0.2, 0) is 4.79 Å². The Balaban J connectivity index is 2.04. The van der Waals surface area contributed by atoms with Crippen LogP contribution in [0.3, 0.4) is 0 Å². The SMILES string of the molecule is Cc1cccc(C)c1NC(=O)C(N)C1CCCCC1. The van der Waals surface area contributed by atoms with Gasteiger partial charge in [0.1, 0.15) is 0 Å². The second-order valence-corrected chi connectivity index (χ2v) is 5.68. The predicted molar refractivity (Wildman–Crippen MR) is 79.1 cm³/mol. The van der Waals surface area contributed by atoms with Crippen LogP contribution in [0.2, 0.25) is 0 Å². The summed E-state index contributed by atoms with van der Waals surface area (Å²) in [7, 11) is 0. The molecule has 1 aromatic rings. The van der Waals surface area contributed by atoms with Crippen LogP contribution < -0.4 is 11.1 Å². The van der Waals surface area contributed by atoms with Crippen molar-refractivity contribution in [2.24, 2.45) is 11.7 Å². The summed E-state index contributed by atoms with van der Waals surface area (Å²) < 4.78 is 0. The molecule has 0 spiro atoms. The van der Waals surface area contributed by atoms with Crippen molar-refractivity contribution in [3.8, 4) is 0 Å². The van der Waals surface area contributed by atoms with E-state index in [9.17, 15) is 4.79 Å². The number of nitrogens with one attached hydrogen (secondary N) is 1. The lowest BCUT2D eigenvalue weighted by atomic mass is 9.84. The number of hydrogen-bond acceptors (Lipinski definition) is 2. The first-order valence-electron chi connectivity index (χ1n) is 7.22. The topological polar surface area (TPSA) is 55.1 Å². The molecule has 0 heterocycles. The molecule has 1 aliphatic carbocycles. The molecule has 3 nitrogen and oxygen atoms in total. The molecule has 1 unspecified atom stereocenters. The van der Waals surface area contributed by atoms with E-state index in [2.05, 4.69) is 5.32 Å². The molecule has 1 aromatic carbocycles. The average Bonchev–Trinajstić information content (AvgIpc) is 2.43. The van der Waals surface area contributed by atoms with Gasteiger partial charge in [-0.1, -0.05) is 37.5 Å². The Kier molecular flexibility index (Phi) is 4.59. The molecule has 3 heteroatoms. The van der Waals surface area contributed by atoms with E-state index in [-0.39, 0.29) is 11.9 Å². The lowest BCUT2D eigenvalue weighted by molar-refractivity contribution is -0.118. The maximum atomic E-state index is 12.3. The summed E-state index contributed by atoms with van der Waals surface area (Å²) >= 11 is 0. The first kappa shape index (κ1) is 14.1. The maximum absolute atomic E-state index is 12.3. The third kappa shape index (κ3) is 3.35. The number of hydrogen-bond donors (Lipinski definition) is 2. The highest BCUT2D eigenvalue weighted by Gasteiger charge is 2.26. The molecule has 1 fully saturated rings. The van der Waals surface area contributed by atoms with Crippen molar-refractivity contribution < 1.29 is 4.79 Å². The van der Waals surface area contributed by atoms with Crippen molar-refractivity contribution in [1.82, 2.24) is 0 Å². The van der Waals surface area contributed by atoms with Crippen LogP contribution in [0.4, 0.5) is 5.69 Å². The van der Waals surface area contributed by atoms with E-state index in [1.165, 1.54) is 19.3 Å². The van der Waals surface area contributed by atoms with Gasteiger partial charge in [0.15, 0.2) is 0 Å². The minimum absolute atomic E-state index is 0.0377. The van der Waals surface area contributed by atoms with Gasteiger partial charge in [0.25, 0.3) is 0 Å². The average molecular weight is 260 g/mol. The molecule has 0 radical (unpaired) electrons. The van der Waals surface area contributed by atoms with E-state index < -0.39 is 0 Å². The van der Waals surface area contributed by atoms with Crippen molar-refractivity contribution in [2.75, 3.05) is 5.32 Å². The molecule has 1 amide bonds. The van der Waals surface area contributed by atoms with Gasteiger partial charge in [-0.3, -0.25) is 4.79 Å². The summed E-state index contributed by atoms with van der Waals surface area (Å²) in [5.74, 6) is 0.308. The zero-order valence-corrected chi connectivity index (χ0v) is 11.9. The number of nitrogens with two attached hydrogens (primary N) is 1. The van der Waals surface area contributed by atoms with Gasteiger partial charge in [-0.15, -0.1) is 0 Å². The second kappa shape index (κ2) is 6.20. The molecular formula is C16H24N2O. The lowest BCUT2D eigenvalue weighted by Gasteiger charge is -2.27. The number of anilines is 1. The highest BCUT2D eigenvalue weighted by molar-refractivity contribution is 5.96. The van der Waals surface area contributed by atoms with Crippen LogP contribution in [-0.4, -0.2) is 11.9 Å². The summed E-state index contributed by atoms with van der Waals surface area (Å²) in [5, 5.41) is 3.01. The van der Waals surface area contributed by atoms with Gasteiger partial charge in [0.2, 0.25) is 5.91 Å². The third-order valence-corrected chi connectivity index (χ3v) is 4.19. The van der Waals surface area contributed by atoms with Gasteiger partial charge in [-0.2, -0.15) is 0 Å². The molecule has 0 saturated heterocycles. The van der Waals surface area contributed by atoms with E-state index in [1.807, 2.05) is 32.0 Å². The first-order chi connectivity index (χ1) is 9.09. The largest absolute Gasteiger partial charge is 0.324 e. The molecule has 3 N–H and O–H groups in total. The van der Waals surface area contributed by atoms with Gasteiger partial charge in [0, 0.05) is 5.69 Å². The number of aryl methyl sites for hydroxylation is 2. The Labute approximate surface area is 115 Å². The van der Waals surface area contributed by atoms with Gasteiger partial charge in [0.05, 0.1) is 6.04 Å². The third-order valence-electron chi connectivity index (χ3n) is 4.19. The number of carbonyl (C=O) groups is 1. The first-order valence-corrected chi connectivity index (χ1v) is 7.22. The van der Waals surface area contributed by atoms with Gasteiger partial charge < -0.3 is 11.1 Å². The van der Waals surface area contributed by atoms with Crippen LogP contribution in [0.5, 0.6) is 0 Å². The van der Waals surface area contributed by atoms with Crippen molar-refractivity contribution in [1.29, 1.82) is 0 Å². The Morgan fingerprint density at radius 1 is 1.21 bits per heavy atom. The standard InChI is InChI=1S/C16H24N2O/c1-11-7-6-8-12(2)15(11)18-16(19)14(17)13-9-4-3-5-10-13/h6-8,13-14H,3-5,9-10,17H2,1-2H3,(H,18,19). The molecule has 0 aliphatic heterocycles. The van der Waals surface area contributed by atoms with Gasteiger partial charge in [-0.25, -0.2) is 0 Å². The number of benzene rings is 1. The van der Waals surface area contributed by atoms with Crippen molar-refractivity contribution >= 4 is 11.6 Å². The molecule has 1 aliphatic rings. The molecule has 0 bridgehead atoms. The quantitative estimate of drug-likeness (QED) is 0.877. The summed E-state index contributed by atoms with van der Waals surface area (Å²) in [6, 6.07) is 5.64. The Morgan fingerprint density at radius 3 is 2.37 bits per heavy atom. The molecule has 0 aromatic heterocycles. The number of amides is 1. The Bertz CT molecular complexity index is 430. The number of carbonyl (C=O) groups excluding carboxylic acids is 1. The zero-order valence-electron chi connectivity index (χ0n) is 11.9. The number of para-hydroxylation sites is 1. The molecular weight excluding hydrogens is 236 g/mol. The van der Waals surface area contributed by atoms with E-state index >= 15 is 0 Å². The highest BCUT2D eigenvalue weighted by atomic mass is 16.2. The summed E-state index contributed by atoms with van der Waals surface area (Å²) in [4.78, 5) is 12.3. The van der Waals surface area contributed by atoms with Crippen LogP contribution in [0.1, 0.15) is 43.2 Å². The maximum Gasteiger partial charge on any atom is 0.241 e. The van der Waals surface area contributed by atoms with Crippen LogP contribution in [0.25, 0.3) is 0 Å². The fraction of sp³-hybridized carbons (Fsp3) is 0.562. The van der Waals surface area contributed by atoms with Crippen molar-refractivity contribution in [3.63, 3.8) is 0 Å².